The van der Waals surface area contributed by atoms with Crippen LogP contribution < -0.4 is 0 Å². The van der Waals surface area contributed by atoms with Gasteiger partial charge in [0.05, 0.1) is 0 Å². The molecule has 0 amide bonds. The highest BCUT2D eigenvalue weighted by molar-refractivity contribution is 5.47. The van der Waals surface area contributed by atoms with E-state index in [0.717, 1.165) is 11.1 Å². The second-order valence-corrected chi connectivity index (χ2v) is 2.89. The second kappa shape index (κ2) is 3.28. The van der Waals surface area contributed by atoms with Crippen molar-refractivity contribution in [2.24, 2.45) is 5.11 Å². The molecule has 0 saturated carbocycles. The lowest BCUT2D eigenvalue weighted by molar-refractivity contribution is 1.25. The lowest BCUT2D eigenvalue weighted by Crippen LogP contribution is -1.84. The Kier molecular flexibility index (Phi) is 2.36. The van der Waals surface area contributed by atoms with Crippen molar-refractivity contribution in [1.82, 2.24) is 0 Å². The Balaban J connectivity index is 3.30. The van der Waals surface area contributed by atoms with Gasteiger partial charge in [-0.25, -0.2) is 0 Å². The molecular formula is C9H11N3. The molecule has 3 nitrogen and oxygen atoms in total. The first-order valence-corrected chi connectivity index (χ1v) is 3.78. The molecule has 0 N–H and O–H groups in total. The lowest BCUT2D eigenvalue weighted by atomic mass is 10.0. The second-order valence-electron chi connectivity index (χ2n) is 2.89. The molecule has 0 aromatic heterocycles. The molecular weight excluding hydrogens is 150 g/mol. The standard InChI is InChI=1S/C9H11N3/c1-6-4-9(11-12-10)5-7(2)8(6)3/h4-5H,1-3H3. The van der Waals surface area contributed by atoms with E-state index in [1.807, 2.05) is 26.0 Å². The van der Waals surface area contributed by atoms with Gasteiger partial charge in [-0.2, -0.15) is 0 Å². The summed E-state index contributed by atoms with van der Waals surface area (Å²) in [6.45, 7) is 6.09. The molecule has 0 unspecified atom stereocenters. The van der Waals surface area contributed by atoms with Crippen LogP contribution in [-0.4, -0.2) is 0 Å². The number of nitrogens with zero attached hydrogens (tertiary/aromatic N) is 3. The van der Waals surface area contributed by atoms with Gasteiger partial charge in [-0.3, -0.25) is 0 Å². The Hall–Kier alpha value is -1.47. The van der Waals surface area contributed by atoms with Crippen LogP contribution in [0.5, 0.6) is 0 Å². The third kappa shape index (κ3) is 1.57. The molecule has 0 bridgehead atoms. The minimum absolute atomic E-state index is 0.693. The molecule has 3 heteroatoms. The van der Waals surface area contributed by atoms with Crippen molar-refractivity contribution in [2.45, 2.75) is 20.8 Å². The fourth-order valence-corrected chi connectivity index (χ4v) is 1.12. The molecule has 0 radical (unpaired) electrons. The van der Waals surface area contributed by atoms with Gasteiger partial charge in [-0.1, -0.05) is 5.11 Å². The molecule has 0 aliphatic carbocycles. The quantitative estimate of drug-likeness (QED) is 0.343. The summed E-state index contributed by atoms with van der Waals surface area (Å²) in [6.07, 6.45) is 0. The molecule has 0 fully saturated rings. The summed E-state index contributed by atoms with van der Waals surface area (Å²) < 4.78 is 0. The van der Waals surface area contributed by atoms with Crippen LogP contribution >= 0.6 is 0 Å². The van der Waals surface area contributed by atoms with Crippen molar-refractivity contribution in [3.63, 3.8) is 0 Å². The fraction of sp³-hybridized carbons (Fsp3) is 0.333. The van der Waals surface area contributed by atoms with E-state index in [-0.39, 0.29) is 0 Å². The number of hydrogen-bond donors (Lipinski definition) is 0. The summed E-state index contributed by atoms with van der Waals surface area (Å²) in [4.78, 5) is 2.74. The third-order valence-electron chi connectivity index (χ3n) is 2.07. The highest BCUT2D eigenvalue weighted by Gasteiger charge is 1.98. The van der Waals surface area contributed by atoms with E-state index in [9.17, 15) is 0 Å². The van der Waals surface area contributed by atoms with Gasteiger partial charge in [0.15, 0.2) is 0 Å². The first-order chi connectivity index (χ1) is 5.65. The van der Waals surface area contributed by atoms with E-state index >= 15 is 0 Å². The zero-order valence-electron chi connectivity index (χ0n) is 7.50. The average molecular weight is 161 g/mol. The molecule has 0 heterocycles. The maximum atomic E-state index is 8.23. The smallest absolute Gasteiger partial charge is 0.0380 e. The van der Waals surface area contributed by atoms with Gasteiger partial charge in [0.2, 0.25) is 0 Å². The minimum atomic E-state index is 0.693. The summed E-state index contributed by atoms with van der Waals surface area (Å²) in [5, 5.41) is 3.55. The van der Waals surface area contributed by atoms with Crippen molar-refractivity contribution >= 4 is 5.69 Å². The number of azide groups is 1. The van der Waals surface area contributed by atoms with E-state index in [2.05, 4.69) is 16.9 Å². The highest BCUT2D eigenvalue weighted by Crippen LogP contribution is 2.21. The van der Waals surface area contributed by atoms with Gasteiger partial charge in [0, 0.05) is 10.6 Å². The SMILES string of the molecule is Cc1cc(N=[N+]=[N-])cc(C)c1C. The van der Waals surface area contributed by atoms with E-state index in [4.69, 9.17) is 5.53 Å². The highest BCUT2D eigenvalue weighted by atomic mass is 15.1. The molecule has 1 aromatic rings. The first kappa shape index (κ1) is 8.62. The van der Waals surface area contributed by atoms with Crippen LogP contribution in [0.15, 0.2) is 17.2 Å². The maximum absolute atomic E-state index is 8.23. The third-order valence-corrected chi connectivity index (χ3v) is 2.07. The van der Waals surface area contributed by atoms with Crippen LogP contribution in [0.2, 0.25) is 0 Å². The fourth-order valence-electron chi connectivity index (χ4n) is 1.12. The van der Waals surface area contributed by atoms with Gasteiger partial charge in [-0.05, 0) is 55.1 Å². The van der Waals surface area contributed by atoms with E-state index in [0.29, 0.717) is 5.69 Å². The Morgan fingerprint density at radius 1 is 1.17 bits per heavy atom. The Labute approximate surface area is 71.7 Å². The van der Waals surface area contributed by atoms with Crippen LogP contribution in [-0.2, 0) is 0 Å². The first-order valence-electron chi connectivity index (χ1n) is 3.78. The van der Waals surface area contributed by atoms with Crippen molar-refractivity contribution < 1.29 is 0 Å². The van der Waals surface area contributed by atoms with Crippen molar-refractivity contribution in [1.29, 1.82) is 0 Å². The molecule has 0 aliphatic rings. The van der Waals surface area contributed by atoms with Crippen molar-refractivity contribution in [3.05, 3.63) is 39.3 Å². The van der Waals surface area contributed by atoms with Crippen molar-refractivity contribution in [3.8, 4) is 0 Å². The topological polar surface area (TPSA) is 48.8 Å². The molecule has 0 spiro atoms. The van der Waals surface area contributed by atoms with Crippen LogP contribution in [0, 0.1) is 20.8 Å². The Morgan fingerprint density at radius 3 is 2.08 bits per heavy atom. The number of hydrogen-bond acceptors (Lipinski definition) is 1. The Bertz CT molecular complexity index is 326. The lowest BCUT2D eigenvalue weighted by Gasteiger charge is -2.04. The number of benzene rings is 1. The predicted octanol–water partition coefficient (Wildman–Crippen LogP) is 3.55. The number of aryl methyl sites for hydroxylation is 2. The van der Waals surface area contributed by atoms with E-state index in [1.54, 1.807) is 0 Å². The molecule has 12 heavy (non-hydrogen) atoms. The molecule has 0 saturated heterocycles. The summed E-state index contributed by atoms with van der Waals surface area (Å²) in [5.74, 6) is 0. The average Bonchev–Trinajstić information content (AvgIpc) is 2.01. The van der Waals surface area contributed by atoms with Crippen LogP contribution in [0.3, 0.4) is 0 Å². The molecule has 0 atom stereocenters. The monoisotopic (exact) mass is 161 g/mol. The summed E-state index contributed by atoms with van der Waals surface area (Å²) >= 11 is 0. The van der Waals surface area contributed by atoms with Gasteiger partial charge >= 0.3 is 0 Å². The largest absolute Gasteiger partial charge is 0.0608 e. The minimum Gasteiger partial charge on any atom is -0.0608 e. The van der Waals surface area contributed by atoms with E-state index < -0.39 is 0 Å². The van der Waals surface area contributed by atoms with Gasteiger partial charge in [0.1, 0.15) is 0 Å². The van der Waals surface area contributed by atoms with Gasteiger partial charge < -0.3 is 0 Å². The summed E-state index contributed by atoms with van der Waals surface area (Å²) in [7, 11) is 0. The normalized spacial score (nSPS) is 9.25. The molecule has 1 rings (SSSR count). The van der Waals surface area contributed by atoms with Gasteiger partial charge in [0.25, 0.3) is 0 Å². The zero-order valence-corrected chi connectivity index (χ0v) is 7.50. The van der Waals surface area contributed by atoms with Gasteiger partial charge in [-0.15, -0.1) is 0 Å². The van der Waals surface area contributed by atoms with Crippen molar-refractivity contribution in [2.75, 3.05) is 0 Å². The van der Waals surface area contributed by atoms with Crippen LogP contribution in [0.25, 0.3) is 10.4 Å². The van der Waals surface area contributed by atoms with Crippen LogP contribution in [0.4, 0.5) is 5.69 Å². The summed E-state index contributed by atoms with van der Waals surface area (Å²) in [5.41, 5.74) is 12.5. The van der Waals surface area contributed by atoms with E-state index in [1.165, 1.54) is 5.56 Å². The Morgan fingerprint density at radius 2 is 1.67 bits per heavy atom. The predicted molar refractivity (Wildman–Crippen MR) is 49.5 cm³/mol. The molecule has 1 aromatic carbocycles. The van der Waals surface area contributed by atoms with Crippen LogP contribution in [0.1, 0.15) is 16.7 Å². The zero-order chi connectivity index (χ0) is 9.14. The maximum Gasteiger partial charge on any atom is 0.0380 e. The number of rotatable bonds is 1. The molecule has 0 aliphatic heterocycles. The summed E-state index contributed by atoms with van der Waals surface area (Å²) in [6, 6.07) is 3.78. The molecule has 62 valence electrons.